The molecule has 2 unspecified atom stereocenters. The lowest BCUT2D eigenvalue weighted by molar-refractivity contribution is 0.0240. The Bertz CT molecular complexity index is 1580. The van der Waals surface area contributed by atoms with Gasteiger partial charge in [0, 0.05) is 67.2 Å². The number of aromatic nitrogens is 4. The predicted molar refractivity (Wildman–Crippen MR) is 170 cm³/mol. The number of hydrogen-bond donors (Lipinski definition) is 4. The van der Waals surface area contributed by atoms with E-state index in [1.165, 1.54) is 0 Å². The second-order valence-corrected chi connectivity index (χ2v) is 12.7. The highest BCUT2D eigenvalue weighted by atomic mass is 16.6. The molecule has 44 heavy (non-hydrogen) atoms. The van der Waals surface area contributed by atoms with E-state index in [1.54, 1.807) is 17.3 Å². The first-order chi connectivity index (χ1) is 20.8. The number of aliphatic hydroxyl groups is 2. The van der Waals surface area contributed by atoms with Crippen molar-refractivity contribution in [1.29, 1.82) is 0 Å². The predicted octanol–water partition coefficient (Wildman–Crippen LogP) is 3.85. The molecular formula is C32H44N8O4. The van der Waals surface area contributed by atoms with Gasteiger partial charge in [-0.05, 0) is 83.9 Å². The number of pyridine rings is 2. The van der Waals surface area contributed by atoms with Crippen molar-refractivity contribution in [2.75, 3.05) is 37.6 Å². The van der Waals surface area contributed by atoms with Crippen LogP contribution in [-0.4, -0.2) is 85.5 Å². The molecule has 0 aliphatic carbocycles. The summed E-state index contributed by atoms with van der Waals surface area (Å²) in [5, 5.41) is 33.5. The van der Waals surface area contributed by atoms with Gasteiger partial charge in [-0.15, -0.1) is 0 Å². The number of nitrogens with one attached hydrogen (secondary N) is 2. The average molecular weight is 605 g/mol. The van der Waals surface area contributed by atoms with E-state index in [2.05, 4.69) is 25.6 Å². The number of aliphatic hydroxyl groups excluding tert-OH is 2. The molecule has 5 rings (SSSR count). The van der Waals surface area contributed by atoms with Crippen LogP contribution >= 0.6 is 0 Å². The number of rotatable bonds is 7. The largest absolute Gasteiger partial charge is 0.444 e. The molecule has 0 spiro atoms. The zero-order valence-electron chi connectivity index (χ0n) is 26.6. The van der Waals surface area contributed by atoms with Gasteiger partial charge in [0.2, 0.25) is 0 Å². The van der Waals surface area contributed by atoms with Gasteiger partial charge in [-0.25, -0.2) is 19.4 Å². The van der Waals surface area contributed by atoms with Crippen molar-refractivity contribution in [2.45, 2.75) is 72.6 Å². The zero-order chi connectivity index (χ0) is 31.8. The molecule has 3 aromatic heterocycles. The number of hydrogen-bond acceptors (Lipinski definition) is 10. The highest BCUT2D eigenvalue weighted by molar-refractivity contribution is 5.83. The average Bonchev–Trinajstić information content (AvgIpc) is 3.40. The Balaban J connectivity index is 1.40. The molecule has 0 aromatic carbocycles. The number of ether oxygens (including phenoxy) is 1. The molecular weight excluding hydrogens is 560 g/mol. The highest BCUT2D eigenvalue weighted by Gasteiger charge is 2.27. The zero-order valence-corrected chi connectivity index (χ0v) is 26.6. The number of carbonyl (C=O) groups excluding carboxylic acids is 1. The topological polar surface area (TPSA) is 141 Å². The minimum absolute atomic E-state index is 0.0637. The third-order valence-corrected chi connectivity index (χ3v) is 7.80. The van der Waals surface area contributed by atoms with Gasteiger partial charge in [0.05, 0.1) is 11.9 Å². The van der Waals surface area contributed by atoms with Crippen LogP contribution in [0.4, 0.5) is 10.6 Å². The molecule has 0 bridgehead atoms. The third-order valence-electron chi connectivity index (χ3n) is 7.80. The number of allylic oxidation sites excluding steroid dienone is 3. The summed E-state index contributed by atoms with van der Waals surface area (Å²) < 4.78 is 7.39. The molecule has 0 saturated carbocycles. The van der Waals surface area contributed by atoms with E-state index in [1.807, 2.05) is 77.4 Å². The molecule has 12 heteroatoms. The van der Waals surface area contributed by atoms with E-state index < -0.39 is 18.1 Å². The molecule has 3 aromatic rings. The Morgan fingerprint density at radius 3 is 2.57 bits per heavy atom. The van der Waals surface area contributed by atoms with Gasteiger partial charge in [-0.3, -0.25) is 5.32 Å². The van der Waals surface area contributed by atoms with Crippen LogP contribution in [0.15, 0.2) is 53.5 Å². The van der Waals surface area contributed by atoms with Crippen LogP contribution in [0.5, 0.6) is 0 Å². The van der Waals surface area contributed by atoms with Crippen molar-refractivity contribution >= 4 is 22.9 Å². The quantitative estimate of drug-likeness (QED) is 0.294. The maximum atomic E-state index is 12.5. The van der Waals surface area contributed by atoms with Crippen molar-refractivity contribution in [3.05, 3.63) is 59.1 Å². The maximum Gasteiger partial charge on any atom is 0.410 e. The molecule has 1 saturated heterocycles. The van der Waals surface area contributed by atoms with Crippen molar-refractivity contribution in [3.63, 3.8) is 0 Å². The van der Waals surface area contributed by atoms with E-state index in [9.17, 15) is 15.0 Å². The summed E-state index contributed by atoms with van der Waals surface area (Å²) in [7, 11) is 0. The van der Waals surface area contributed by atoms with Crippen LogP contribution in [0.25, 0.3) is 22.3 Å². The number of piperazine rings is 1. The van der Waals surface area contributed by atoms with Gasteiger partial charge < -0.3 is 30.1 Å². The van der Waals surface area contributed by atoms with Gasteiger partial charge >= 0.3 is 6.09 Å². The fraction of sp³-hybridized carbons (Fsp3) is 0.500. The summed E-state index contributed by atoms with van der Waals surface area (Å²) in [6.07, 6.45) is 3.31. The Kier molecular flexibility index (Phi) is 8.96. The van der Waals surface area contributed by atoms with Crippen LogP contribution in [0.2, 0.25) is 0 Å². The van der Waals surface area contributed by atoms with Crippen LogP contribution in [-0.2, 0) is 4.74 Å². The molecule has 2 atom stereocenters. The van der Waals surface area contributed by atoms with Gasteiger partial charge in [0.15, 0.2) is 5.65 Å². The number of fused-ring (bicyclic) bond motifs is 1. The Hall–Kier alpha value is -4.00. The molecule has 0 radical (unpaired) electrons. The van der Waals surface area contributed by atoms with Crippen LogP contribution < -0.4 is 15.5 Å². The van der Waals surface area contributed by atoms with E-state index in [-0.39, 0.29) is 18.7 Å². The molecule has 5 heterocycles. The van der Waals surface area contributed by atoms with Gasteiger partial charge in [0.1, 0.15) is 23.9 Å². The molecule has 4 N–H and O–H groups in total. The second kappa shape index (κ2) is 12.5. The first kappa shape index (κ1) is 31.4. The monoisotopic (exact) mass is 604 g/mol. The van der Waals surface area contributed by atoms with Crippen LogP contribution in [0, 0.1) is 0 Å². The standard InChI is InChI=1S/C32H44N8O4/c1-19(2)40-28-25(18-35-40)23(29(41)34-17-24-20(3)14-21(4)36-30(24)42)16-26(37-28)22-8-9-33-27(15-22)38-10-12-39(13-11-38)31(43)44-32(5,6)7/h8-9,14-16,18-19,29-30,34,36,41-42H,10-13,17H2,1-7H3. The summed E-state index contributed by atoms with van der Waals surface area (Å²) in [5.74, 6) is 0.787. The number of dihydropyridines is 1. The number of amides is 1. The highest BCUT2D eigenvalue weighted by Crippen LogP contribution is 2.31. The lowest BCUT2D eigenvalue weighted by Crippen LogP contribution is -2.50. The molecule has 1 amide bonds. The molecule has 2 aliphatic rings. The van der Waals surface area contributed by atoms with E-state index in [4.69, 9.17) is 9.72 Å². The van der Waals surface area contributed by atoms with Crippen molar-refractivity contribution in [3.8, 4) is 11.3 Å². The molecule has 12 nitrogen and oxygen atoms in total. The molecule has 1 fully saturated rings. The lowest BCUT2D eigenvalue weighted by atomic mass is 10.0. The van der Waals surface area contributed by atoms with E-state index in [0.717, 1.165) is 33.6 Å². The minimum atomic E-state index is -1.04. The van der Waals surface area contributed by atoms with Gasteiger partial charge in [-0.2, -0.15) is 5.10 Å². The maximum absolute atomic E-state index is 12.5. The summed E-state index contributed by atoms with van der Waals surface area (Å²) in [6.45, 7) is 16.2. The van der Waals surface area contributed by atoms with Crippen molar-refractivity contribution < 1.29 is 19.7 Å². The number of anilines is 1. The van der Waals surface area contributed by atoms with E-state index in [0.29, 0.717) is 43.1 Å². The SMILES string of the molecule is CC1=CC(C)=C(CNC(O)c2cc(-c3ccnc(N4CCN(C(=O)OC(C)(C)C)CC4)c3)nc3c2cnn3C(C)C)C(O)N1. The number of carbonyl (C=O) groups is 1. The minimum Gasteiger partial charge on any atom is -0.444 e. The van der Waals surface area contributed by atoms with Gasteiger partial charge in [-0.1, -0.05) is 0 Å². The van der Waals surface area contributed by atoms with Crippen molar-refractivity contribution in [2.24, 2.45) is 0 Å². The Morgan fingerprint density at radius 2 is 1.91 bits per heavy atom. The normalized spacial score (nSPS) is 18.5. The summed E-state index contributed by atoms with van der Waals surface area (Å²) >= 11 is 0. The molecule has 236 valence electrons. The van der Waals surface area contributed by atoms with Gasteiger partial charge in [0.25, 0.3) is 0 Å². The smallest absolute Gasteiger partial charge is 0.410 e. The summed E-state index contributed by atoms with van der Waals surface area (Å²) in [4.78, 5) is 26.0. The lowest BCUT2D eigenvalue weighted by Gasteiger charge is -2.36. The first-order valence-electron chi connectivity index (χ1n) is 15.1. The second-order valence-electron chi connectivity index (χ2n) is 12.7. The summed E-state index contributed by atoms with van der Waals surface area (Å²) in [5.41, 5.74) is 4.92. The number of nitrogens with zero attached hydrogens (tertiary/aromatic N) is 6. The van der Waals surface area contributed by atoms with Crippen LogP contribution in [0.1, 0.15) is 66.3 Å². The third kappa shape index (κ3) is 6.87. The Labute approximate surface area is 258 Å². The summed E-state index contributed by atoms with van der Waals surface area (Å²) in [6, 6.07) is 5.84. The molecule has 2 aliphatic heterocycles. The Morgan fingerprint density at radius 1 is 1.18 bits per heavy atom. The van der Waals surface area contributed by atoms with Crippen molar-refractivity contribution in [1.82, 2.24) is 35.3 Å². The fourth-order valence-electron chi connectivity index (χ4n) is 5.52. The van der Waals surface area contributed by atoms with Crippen LogP contribution in [0.3, 0.4) is 0 Å². The first-order valence-corrected chi connectivity index (χ1v) is 15.1. The van der Waals surface area contributed by atoms with E-state index >= 15 is 0 Å². The fourth-order valence-corrected chi connectivity index (χ4v) is 5.52.